The fraction of sp³-hybridized carbons (Fsp3) is 0.588. The average molecular weight is 325 g/mol. The fourth-order valence-electron chi connectivity index (χ4n) is 2.88. The van der Waals surface area contributed by atoms with E-state index in [1.54, 1.807) is 16.7 Å². The molecular formula is C17H24FNO2S. The van der Waals surface area contributed by atoms with Gasteiger partial charge in [0.1, 0.15) is 11.9 Å². The Labute approximate surface area is 135 Å². The van der Waals surface area contributed by atoms with E-state index in [0.717, 1.165) is 30.6 Å². The smallest absolute Gasteiger partial charge is 0.251 e. The average Bonchev–Trinajstić information content (AvgIpc) is 2.55. The third-order valence-electron chi connectivity index (χ3n) is 4.24. The van der Waals surface area contributed by atoms with Crippen molar-refractivity contribution in [3.63, 3.8) is 0 Å². The van der Waals surface area contributed by atoms with Crippen LogP contribution in [0.3, 0.4) is 0 Å². The van der Waals surface area contributed by atoms with Crippen LogP contribution in [-0.4, -0.2) is 47.1 Å². The normalized spacial score (nSPS) is 17.5. The van der Waals surface area contributed by atoms with Crippen LogP contribution in [0.25, 0.3) is 0 Å². The maximum atomic E-state index is 12.9. The minimum absolute atomic E-state index is 0.130. The minimum Gasteiger partial charge on any atom is -0.383 e. The van der Waals surface area contributed by atoms with Gasteiger partial charge >= 0.3 is 0 Å². The molecule has 1 aromatic rings. The Bertz CT molecular complexity index is 472. The SMILES string of the molecule is CSCCC(O)C(=O)N1CCC(Cc2ccc(F)cc2)CC1. The van der Waals surface area contributed by atoms with Crippen LogP contribution in [0, 0.1) is 11.7 Å². The molecule has 0 aromatic heterocycles. The second kappa shape index (κ2) is 8.53. The zero-order valence-electron chi connectivity index (χ0n) is 13.0. The zero-order valence-corrected chi connectivity index (χ0v) is 13.8. The van der Waals surface area contributed by atoms with Crippen molar-refractivity contribution in [3.8, 4) is 0 Å². The van der Waals surface area contributed by atoms with Gasteiger partial charge in [0.2, 0.25) is 0 Å². The molecule has 1 N–H and O–H groups in total. The summed E-state index contributed by atoms with van der Waals surface area (Å²) in [6, 6.07) is 6.66. The van der Waals surface area contributed by atoms with Crippen molar-refractivity contribution < 1.29 is 14.3 Å². The predicted octanol–water partition coefficient (Wildman–Crippen LogP) is 2.72. The van der Waals surface area contributed by atoms with Gasteiger partial charge in [-0.05, 0) is 61.3 Å². The molecule has 1 saturated heterocycles. The summed E-state index contributed by atoms with van der Waals surface area (Å²) in [5.74, 6) is 0.990. The number of amides is 1. The van der Waals surface area contributed by atoms with Crippen molar-refractivity contribution >= 4 is 17.7 Å². The number of thioether (sulfide) groups is 1. The van der Waals surface area contributed by atoms with E-state index in [0.29, 0.717) is 25.4 Å². The lowest BCUT2D eigenvalue weighted by Gasteiger charge is -2.33. The van der Waals surface area contributed by atoms with Gasteiger partial charge in [0.25, 0.3) is 5.91 Å². The van der Waals surface area contributed by atoms with Crippen molar-refractivity contribution in [1.82, 2.24) is 4.90 Å². The first-order valence-corrected chi connectivity index (χ1v) is 9.19. The number of carbonyl (C=O) groups is 1. The lowest BCUT2D eigenvalue weighted by Crippen LogP contribution is -2.44. The van der Waals surface area contributed by atoms with Gasteiger partial charge in [-0.2, -0.15) is 11.8 Å². The Kier molecular flexibility index (Phi) is 6.70. The van der Waals surface area contributed by atoms with Crippen LogP contribution in [-0.2, 0) is 11.2 Å². The second-order valence-corrected chi connectivity index (χ2v) is 6.88. The van der Waals surface area contributed by atoms with E-state index in [-0.39, 0.29) is 11.7 Å². The van der Waals surface area contributed by atoms with Gasteiger partial charge in [0, 0.05) is 13.1 Å². The fourth-order valence-corrected chi connectivity index (χ4v) is 3.33. The van der Waals surface area contributed by atoms with Crippen molar-refractivity contribution in [2.45, 2.75) is 31.8 Å². The van der Waals surface area contributed by atoms with Crippen molar-refractivity contribution in [3.05, 3.63) is 35.6 Å². The molecule has 0 aliphatic carbocycles. The van der Waals surface area contributed by atoms with Crippen LogP contribution >= 0.6 is 11.8 Å². The molecule has 0 spiro atoms. The standard InChI is InChI=1S/C17H24FNO2S/c1-22-11-8-16(20)17(21)19-9-6-14(7-10-19)12-13-2-4-15(18)5-3-13/h2-5,14,16,20H,6-12H2,1H3. The molecule has 1 amide bonds. The molecule has 122 valence electrons. The molecule has 1 heterocycles. The molecule has 3 nitrogen and oxygen atoms in total. The molecule has 1 aromatic carbocycles. The van der Waals surface area contributed by atoms with Crippen LogP contribution in [0.2, 0.25) is 0 Å². The first kappa shape index (κ1) is 17.3. The zero-order chi connectivity index (χ0) is 15.9. The molecule has 1 fully saturated rings. The highest BCUT2D eigenvalue weighted by molar-refractivity contribution is 7.98. The van der Waals surface area contributed by atoms with Gasteiger partial charge in [-0.15, -0.1) is 0 Å². The Morgan fingerprint density at radius 1 is 1.36 bits per heavy atom. The number of halogens is 1. The van der Waals surface area contributed by atoms with Crippen LogP contribution in [0.4, 0.5) is 4.39 Å². The summed E-state index contributed by atoms with van der Waals surface area (Å²) in [7, 11) is 0. The monoisotopic (exact) mass is 325 g/mol. The molecule has 5 heteroatoms. The first-order valence-electron chi connectivity index (χ1n) is 7.80. The van der Waals surface area contributed by atoms with Crippen LogP contribution in [0.1, 0.15) is 24.8 Å². The number of carbonyl (C=O) groups excluding carboxylic acids is 1. The number of piperidine rings is 1. The van der Waals surface area contributed by atoms with Crippen LogP contribution < -0.4 is 0 Å². The highest BCUT2D eigenvalue weighted by Gasteiger charge is 2.26. The predicted molar refractivity (Wildman–Crippen MR) is 88.4 cm³/mol. The second-order valence-electron chi connectivity index (χ2n) is 5.90. The van der Waals surface area contributed by atoms with Crippen LogP contribution in [0.5, 0.6) is 0 Å². The van der Waals surface area contributed by atoms with E-state index in [1.807, 2.05) is 18.4 Å². The molecule has 2 rings (SSSR count). The highest BCUT2D eigenvalue weighted by Crippen LogP contribution is 2.22. The van der Waals surface area contributed by atoms with E-state index in [1.165, 1.54) is 12.1 Å². The molecule has 1 aliphatic heterocycles. The Morgan fingerprint density at radius 3 is 2.59 bits per heavy atom. The van der Waals surface area contributed by atoms with E-state index < -0.39 is 6.10 Å². The van der Waals surface area contributed by atoms with E-state index in [9.17, 15) is 14.3 Å². The number of benzene rings is 1. The quantitative estimate of drug-likeness (QED) is 0.874. The summed E-state index contributed by atoms with van der Waals surface area (Å²) in [6.45, 7) is 1.42. The van der Waals surface area contributed by atoms with Gasteiger partial charge in [0.15, 0.2) is 0 Å². The summed E-state index contributed by atoms with van der Waals surface area (Å²) in [5, 5.41) is 9.89. The first-order chi connectivity index (χ1) is 10.6. The third-order valence-corrected chi connectivity index (χ3v) is 4.89. The molecule has 1 unspecified atom stereocenters. The molecule has 0 radical (unpaired) electrons. The van der Waals surface area contributed by atoms with Gasteiger partial charge in [-0.1, -0.05) is 12.1 Å². The summed E-state index contributed by atoms with van der Waals surface area (Å²) < 4.78 is 12.9. The maximum Gasteiger partial charge on any atom is 0.251 e. The van der Waals surface area contributed by atoms with Crippen molar-refractivity contribution in [2.75, 3.05) is 25.1 Å². The number of rotatable bonds is 6. The highest BCUT2D eigenvalue weighted by atomic mass is 32.2. The number of likely N-dealkylation sites (tertiary alicyclic amines) is 1. The van der Waals surface area contributed by atoms with E-state index >= 15 is 0 Å². The largest absolute Gasteiger partial charge is 0.383 e. The topological polar surface area (TPSA) is 40.5 Å². The lowest BCUT2D eigenvalue weighted by molar-refractivity contribution is -0.141. The maximum absolute atomic E-state index is 12.9. The molecular weight excluding hydrogens is 301 g/mol. The minimum atomic E-state index is -0.860. The molecule has 1 atom stereocenters. The number of hydrogen-bond acceptors (Lipinski definition) is 3. The summed E-state index contributed by atoms with van der Waals surface area (Å²) in [6.07, 6.45) is 4.45. The number of nitrogens with zero attached hydrogens (tertiary/aromatic N) is 1. The summed E-state index contributed by atoms with van der Waals surface area (Å²) in [4.78, 5) is 13.9. The molecule has 0 bridgehead atoms. The van der Waals surface area contributed by atoms with Gasteiger partial charge in [0.05, 0.1) is 0 Å². The lowest BCUT2D eigenvalue weighted by atomic mass is 9.90. The summed E-state index contributed by atoms with van der Waals surface area (Å²) >= 11 is 1.64. The van der Waals surface area contributed by atoms with Crippen molar-refractivity contribution in [2.24, 2.45) is 5.92 Å². The molecule has 0 saturated carbocycles. The van der Waals surface area contributed by atoms with Gasteiger partial charge in [-0.25, -0.2) is 4.39 Å². The summed E-state index contributed by atoms with van der Waals surface area (Å²) in [5.41, 5.74) is 1.14. The van der Waals surface area contributed by atoms with E-state index in [4.69, 9.17) is 0 Å². The number of hydrogen-bond donors (Lipinski definition) is 1. The third kappa shape index (κ3) is 4.99. The van der Waals surface area contributed by atoms with E-state index in [2.05, 4.69) is 0 Å². The van der Waals surface area contributed by atoms with Gasteiger partial charge in [-0.3, -0.25) is 4.79 Å². The van der Waals surface area contributed by atoms with Crippen molar-refractivity contribution in [1.29, 1.82) is 0 Å². The van der Waals surface area contributed by atoms with Gasteiger partial charge < -0.3 is 10.0 Å². The Balaban J connectivity index is 1.77. The molecule has 22 heavy (non-hydrogen) atoms. The Hall–Kier alpha value is -1.07. The number of aliphatic hydroxyl groups is 1. The van der Waals surface area contributed by atoms with Crippen LogP contribution in [0.15, 0.2) is 24.3 Å². The number of aliphatic hydroxyl groups excluding tert-OH is 1. The molecule has 1 aliphatic rings. The Morgan fingerprint density at radius 2 is 2.00 bits per heavy atom.